The Labute approximate surface area is 128 Å². The molecule has 9 nitrogen and oxygen atoms in total. The van der Waals surface area contributed by atoms with E-state index in [0.29, 0.717) is 6.61 Å². The first-order valence-electron chi connectivity index (χ1n) is 7.05. The zero-order valence-electron chi connectivity index (χ0n) is 12.2. The van der Waals surface area contributed by atoms with Crippen molar-refractivity contribution >= 4 is 11.9 Å². The number of carbonyl (C=O) groups excluding carboxylic acids is 1. The van der Waals surface area contributed by atoms with Gasteiger partial charge in [0.25, 0.3) is 0 Å². The molecule has 1 saturated heterocycles. The SMILES string of the molecule is CCCCOC(=O)Nc1ccn([C@@H]2CO[C@H](CO)O2)c(=O)n1.[HH]. The highest BCUT2D eigenvalue weighted by Crippen LogP contribution is 2.19. The van der Waals surface area contributed by atoms with Gasteiger partial charge in [-0.2, -0.15) is 4.98 Å². The molecular formula is C13H21N3O6. The minimum Gasteiger partial charge on any atom is -0.449 e. The molecule has 2 rings (SSSR count). The molecule has 1 aliphatic rings. The van der Waals surface area contributed by atoms with Crippen LogP contribution in [0.5, 0.6) is 0 Å². The Hall–Kier alpha value is -1.97. The predicted octanol–water partition coefficient (Wildman–Crippen LogP) is 0.702. The summed E-state index contributed by atoms with van der Waals surface area (Å²) in [5.41, 5.74) is -0.599. The molecule has 1 aromatic rings. The summed E-state index contributed by atoms with van der Waals surface area (Å²) in [4.78, 5) is 27.1. The Morgan fingerprint density at radius 3 is 3.14 bits per heavy atom. The summed E-state index contributed by atoms with van der Waals surface area (Å²) >= 11 is 0. The fraction of sp³-hybridized carbons (Fsp3) is 0.615. The number of carbonyl (C=O) groups is 1. The summed E-state index contributed by atoms with van der Waals surface area (Å²) in [5, 5.41) is 11.3. The third-order valence-electron chi connectivity index (χ3n) is 2.98. The summed E-state index contributed by atoms with van der Waals surface area (Å²) in [6, 6.07) is 1.46. The molecule has 0 aliphatic carbocycles. The lowest BCUT2D eigenvalue weighted by Gasteiger charge is -2.12. The number of anilines is 1. The standard InChI is InChI=1S/C13H19N3O6.H2/c1-2-3-6-20-13(19)15-9-4-5-16(12(18)14-9)10-8-21-11(7-17)22-10;/h4-5,10-11,17H,2-3,6-8H2,1H3,(H,14,15,18,19);1H/t10-,11-;/m0./s1. The molecule has 9 heteroatoms. The van der Waals surface area contributed by atoms with Gasteiger partial charge in [-0.1, -0.05) is 13.3 Å². The van der Waals surface area contributed by atoms with Crippen LogP contribution in [0.15, 0.2) is 17.1 Å². The number of amides is 1. The average molecular weight is 315 g/mol. The van der Waals surface area contributed by atoms with Gasteiger partial charge < -0.3 is 19.3 Å². The Balaban J connectivity index is 0.00000264. The van der Waals surface area contributed by atoms with Gasteiger partial charge in [-0.25, -0.2) is 9.59 Å². The minimum absolute atomic E-state index is 0. The maximum atomic E-state index is 11.9. The second-order valence-corrected chi connectivity index (χ2v) is 4.65. The number of nitrogens with zero attached hydrogens (tertiary/aromatic N) is 2. The molecule has 0 saturated carbocycles. The van der Waals surface area contributed by atoms with Gasteiger partial charge in [-0.15, -0.1) is 0 Å². The molecule has 2 heterocycles. The van der Waals surface area contributed by atoms with Crippen molar-refractivity contribution in [1.82, 2.24) is 9.55 Å². The number of unbranched alkanes of at least 4 members (excludes halogenated alkanes) is 1. The van der Waals surface area contributed by atoms with Crippen molar-refractivity contribution in [3.63, 3.8) is 0 Å². The van der Waals surface area contributed by atoms with Crippen LogP contribution in [-0.4, -0.2) is 46.9 Å². The van der Waals surface area contributed by atoms with Crippen LogP contribution in [-0.2, 0) is 14.2 Å². The molecule has 2 N–H and O–H groups in total. The second-order valence-electron chi connectivity index (χ2n) is 4.65. The van der Waals surface area contributed by atoms with E-state index in [-0.39, 0.29) is 20.5 Å². The average Bonchev–Trinajstić information content (AvgIpc) is 2.96. The monoisotopic (exact) mass is 315 g/mol. The van der Waals surface area contributed by atoms with Crippen molar-refractivity contribution < 1.29 is 25.5 Å². The largest absolute Gasteiger partial charge is 0.449 e. The summed E-state index contributed by atoms with van der Waals surface area (Å²) in [5.74, 6) is 0.0976. The van der Waals surface area contributed by atoms with Gasteiger partial charge in [0.1, 0.15) is 5.82 Å². The lowest BCUT2D eigenvalue weighted by Crippen LogP contribution is -2.29. The van der Waals surface area contributed by atoms with Gasteiger partial charge in [-0.05, 0) is 12.5 Å². The maximum Gasteiger partial charge on any atom is 0.412 e. The molecule has 1 aromatic heterocycles. The Kier molecular flexibility index (Phi) is 5.87. The van der Waals surface area contributed by atoms with E-state index in [0.717, 1.165) is 12.8 Å². The van der Waals surface area contributed by atoms with Crippen LogP contribution in [0, 0.1) is 0 Å². The first-order valence-corrected chi connectivity index (χ1v) is 7.05. The third-order valence-corrected chi connectivity index (χ3v) is 2.98. The highest BCUT2D eigenvalue weighted by atomic mass is 16.7. The number of rotatable bonds is 6. The van der Waals surface area contributed by atoms with Crippen molar-refractivity contribution in [3.05, 3.63) is 22.7 Å². The van der Waals surface area contributed by atoms with E-state index in [1.165, 1.54) is 16.8 Å². The number of hydrogen-bond acceptors (Lipinski definition) is 7. The first kappa shape index (κ1) is 16.4. The van der Waals surface area contributed by atoms with Crippen molar-refractivity contribution in [2.45, 2.75) is 32.3 Å². The highest BCUT2D eigenvalue weighted by molar-refractivity contribution is 5.83. The van der Waals surface area contributed by atoms with Crippen LogP contribution in [0.1, 0.15) is 27.4 Å². The summed E-state index contributed by atoms with van der Waals surface area (Å²) in [6.07, 6.45) is 1.07. The summed E-state index contributed by atoms with van der Waals surface area (Å²) in [6.45, 7) is 2.15. The molecule has 0 spiro atoms. The Morgan fingerprint density at radius 2 is 2.50 bits per heavy atom. The molecule has 0 aromatic carbocycles. The van der Waals surface area contributed by atoms with E-state index in [1.807, 2.05) is 6.92 Å². The van der Waals surface area contributed by atoms with Crippen molar-refractivity contribution in [2.24, 2.45) is 0 Å². The number of aliphatic hydroxyl groups excluding tert-OH is 1. The number of aliphatic hydroxyl groups is 1. The highest BCUT2D eigenvalue weighted by Gasteiger charge is 2.27. The minimum atomic E-state index is -0.747. The molecule has 1 amide bonds. The van der Waals surface area contributed by atoms with E-state index in [9.17, 15) is 9.59 Å². The van der Waals surface area contributed by atoms with Crippen LogP contribution in [0.4, 0.5) is 10.6 Å². The van der Waals surface area contributed by atoms with Crippen LogP contribution < -0.4 is 11.0 Å². The van der Waals surface area contributed by atoms with Crippen LogP contribution in [0.2, 0.25) is 0 Å². The van der Waals surface area contributed by atoms with E-state index in [1.54, 1.807) is 0 Å². The zero-order valence-corrected chi connectivity index (χ0v) is 12.2. The lowest BCUT2D eigenvalue weighted by molar-refractivity contribution is -0.0992. The fourth-order valence-electron chi connectivity index (χ4n) is 1.84. The lowest BCUT2D eigenvalue weighted by atomic mass is 10.4. The predicted molar refractivity (Wildman–Crippen MR) is 77.4 cm³/mol. The van der Waals surface area contributed by atoms with Crippen LogP contribution in [0.25, 0.3) is 0 Å². The van der Waals surface area contributed by atoms with Crippen molar-refractivity contribution in [3.8, 4) is 0 Å². The van der Waals surface area contributed by atoms with Crippen molar-refractivity contribution in [2.75, 3.05) is 25.1 Å². The number of hydrogen-bond donors (Lipinski definition) is 2. The number of nitrogens with one attached hydrogen (secondary N) is 1. The van der Waals surface area contributed by atoms with Gasteiger partial charge in [0.05, 0.1) is 19.8 Å². The molecule has 22 heavy (non-hydrogen) atoms. The summed E-state index contributed by atoms with van der Waals surface area (Å²) in [7, 11) is 0. The summed E-state index contributed by atoms with van der Waals surface area (Å²) < 4.78 is 16.6. The fourth-order valence-corrected chi connectivity index (χ4v) is 1.84. The zero-order chi connectivity index (χ0) is 15.9. The van der Waals surface area contributed by atoms with Crippen molar-refractivity contribution in [1.29, 1.82) is 0 Å². The van der Waals surface area contributed by atoms with Crippen LogP contribution >= 0.6 is 0 Å². The molecule has 2 atom stereocenters. The molecule has 1 aliphatic heterocycles. The molecule has 0 bridgehead atoms. The molecular weight excluding hydrogens is 294 g/mol. The Bertz CT molecular complexity index is 567. The van der Waals surface area contributed by atoms with Gasteiger partial charge >= 0.3 is 11.8 Å². The maximum absolute atomic E-state index is 11.9. The van der Waals surface area contributed by atoms with E-state index in [2.05, 4.69) is 10.3 Å². The van der Waals surface area contributed by atoms with Gasteiger partial charge in [-0.3, -0.25) is 9.88 Å². The second kappa shape index (κ2) is 7.87. The van der Waals surface area contributed by atoms with E-state index >= 15 is 0 Å². The first-order chi connectivity index (χ1) is 10.6. The number of ether oxygens (including phenoxy) is 3. The van der Waals surface area contributed by atoms with Gasteiger partial charge in [0, 0.05) is 7.62 Å². The smallest absolute Gasteiger partial charge is 0.412 e. The normalized spacial score (nSPS) is 20.8. The van der Waals surface area contributed by atoms with E-state index < -0.39 is 24.3 Å². The van der Waals surface area contributed by atoms with Crippen LogP contribution in [0.3, 0.4) is 0 Å². The molecule has 124 valence electrons. The Morgan fingerprint density at radius 1 is 1.68 bits per heavy atom. The molecule has 1 fully saturated rings. The molecule has 0 radical (unpaired) electrons. The quantitative estimate of drug-likeness (QED) is 0.743. The number of aromatic nitrogens is 2. The van der Waals surface area contributed by atoms with E-state index in [4.69, 9.17) is 19.3 Å². The van der Waals surface area contributed by atoms with Gasteiger partial charge in [0.15, 0.2) is 12.5 Å². The van der Waals surface area contributed by atoms with Gasteiger partial charge in [0.2, 0.25) is 0 Å². The third kappa shape index (κ3) is 4.26. The molecule has 0 unspecified atom stereocenters. The topological polar surface area (TPSA) is 112 Å².